The van der Waals surface area contributed by atoms with Crippen molar-refractivity contribution in [3.63, 3.8) is 0 Å². The molecule has 3 atom stereocenters. The van der Waals surface area contributed by atoms with Crippen LogP contribution in [0, 0.1) is 11.3 Å². The average Bonchev–Trinajstić information content (AvgIpc) is 3.39. The van der Waals surface area contributed by atoms with E-state index in [1.54, 1.807) is 25.7 Å². The summed E-state index contributed by atoms with van der Waals surface area (Å²) >= 11 is 12.4. The quantitative estimate of drug-likeness (QED) is 0.601. The summed E-state index contributed by atoms with van der Waals surface area (Å²) < 4.78 is 11.5. The van der Waals surface area contributed by atoms with Gasteiger partial charge in [0.15, 0.2) is 0 Å². The van der Waals surface area contributed by atoms with Crippen molar-refractivity contribution in [3.8, 4) is 11.8 Å². The van der Waals surface area contributed by atoms with Gasteiger partial charge in [-0.05, 0) is 52.5 Å². The van der Waals surface area contributed by atoms with Gasteiger partial charge >= 0.3 is 6.09 Å². The van der Waals surface area contributed by atoms with Crippen molar-refractivity contribution < 1.29 is 23.9 Å². The fourth-order valence-electron chi connectivity index (χ4n) is 4.35. The largest absolute Gasteiger partial charge is 0.490 e. The van der Waals surface area contributed by atoms with E-state index in [2.05, 4.69) is 11.4 Å². The predicted octanol–water partition coefficient (Wildman–Crippen LogP) is 4.61. The van der Waals surface area contributed by atoms with E-state index >= 15 is 0 Å². The zero-order valence-corrected chi connectivity index (χ0v) is 21.8. The highest BCUT2D eigenvalue weighted by molar-refractivity contribution is 6.37. The summed E-state index contributed by atoms with van der Waals surface area (Å²) in [4.78, 5) is 41.0. The van der Waals surface area contributed by atoms with Crippen molar-refractivity contribution in [1.82, 2.24) is 9.80 Å². The molecule has 35 heavy (non-hydrogen) atoms. The molecule has 3 unspecified atom stereocenters. The number of ether oxygens (including phenoxy) is 2. The molecule has 1 aromatic carbocycles. The van der Waals surface area contributed by atoms with Crippen molar-refractivity contribution in [2.24, 2.45) is 0 Å². The Kier molecular flexibility index (Phi) is 8.39. The molecular weight excluding hydrogens is 495 g/mol. The lowest BCUT2D eigenvalue weighted by Crippen LogP contribution is -2.53. The Labute approximate surface area is 215 Å². The first-order chi connectivity index (χ1) is 16.4. The Bertz CT molecular complexity index is 1040. The molecule has 190 valence electrons. The smallest absolute Gasteiger partial charge is 0.411 e. The topological polar surface area (TPSA) is 112 Å². The molecule has 1 aromatic rings. The minimum Gasteiger partial charge on any atom is -0.490 e. The Morgan fingerprint density at radius 3 is 2.51 bits per heavy atom. The van der Waals surface area contributed by atoms with Crippen LogP contribution in [0.2, 0.25) is 10.0 Å². The zero-order chi connectivity index (χ0) is 25.9. The van der Waals surface area contributed by atoms with Gasteiger partial charge in [0.25, 0.3) is 0 Å². The molecule has 11 heteroatoms. The molecule has 9 nitrogen and oxygen atoms in total. The van der Waals surface area contributed by atoms with Gasteiger partial charge < -0.3 is 19.7 Å². The number of nitrogens with zero attached hydrogens (tertiary/aromatic N) is 3. The van der Waals surface area contributed by atoms with Gasteiger partial charge in [0.05, 0.1) is 27.8 Å². The lowest BCUT2D eigenvalue weighted by molar-refractivity contribution is -0.136. The van der Waals surface area contributed by atoms with E-state index in [-0.39, 0.29) is 34.2 Å². The molecule has 0 spiro atoms. The number of nitrogens with one attached hydrogen (secondary N) is 1. The Morgan fingerprint density at radius 2 is 1.89 bits per heavy atom. The first-order valence-electron chi connectivity index (χ1n) is 11.5. The van der Waals surface area contributed by atoms with Crippen molar-refractivity contribution in [2.75, 3.05) is 18.5 Å². The van der Waals surface area contributed by atoms with Crippen molar-refractivity contribution in [1.29, 1.82) is 5.26 Å². The van der Waals surface area contributed by atoms with E-state index in [1.165, 1.54) is 24.0 Å². The van der Waals surface area contributed by atoms with E-state index in [1.807, 2.05) is 0 Å². The van der Waals surface area contributed by atoms with Crippen LogP contribution in [-0.2, 0) is 14.3 Å². The Morgan fingerprint density at radius 1 is 1.17 bits per heavy atom. The van der Waals surface area contributed by atoms with Crippen LogP contribution in [0.25, 0.3) is 0 Å². The van der Waals surface area contributed by atoms with E-state index in [0.717, 1.165) is 6.42 Å². The predicted molar refractivity (Wildman–Crippen MR) is 131 cm³/mol. The van der Waals surface area contributed by atoms with Gasteiger partial charge in [-0.3, -0.25) is 14.5 Å². The van der Waals surface area contributed by atoms with Crippen LogP contribution in [-0.4, -0.2) is 64.6 Å². The molecule has 1 N–H and O–H groups in total. The highest BCUT2D eigenvalue weighted by Gasteiger charge is 2.46. The molecular formula is C24H30Cl2N4O5. The standard InChI is InChI=1S/C24H30Cl2N4O5/c1-14(31)28-19-11-21(18(26)10-17(19)25)34-13-16-7-8-20(30(16)23(33)35-24(2,3)4)22(32)29-9-5-6-15(29)12-27/h10-11,15-16,20H,5-9,13H2,1-4H3,(H,28,31). The molecule has 3 amide bonds. The number of nitriles is 1. The molecule has 2 aliphatic heterocycles. The minimum absolute atomic E-state index is 0.0472. The van der Waals surface area contributed by atoms with Crippen molar-refractivity contribution in [3.05, 3.63) is 22.2 Å². The first-order valence-corrected chi connectivity index (χ1v) is 12.3. The Balaban J connectivity index is 1.81. The van der Waals surface area contributed by atoms with E-state index in [4.69, 9.17) is 32.7 Å². The van der Waals surface area contributed by atoms with Gasteiger partial charge in [0.1, 0.15) is 30.0 Å². The summed E-state index contributed by atoms with van der Waals surface area (Å²) in [7, 11) is 0. The number of anilines is 1. The second kappa shape index (κ2) is 10.9. The normalized spacial score (nSPS) is 22.0. The molecule has 2 aliphatic rings. The lowest BCUT2D eigenvalue weighted by Gasteiger charge is -2.34. The van der Waals surface area contributed by atoms with Crippen LogP contribution in [0.15, 0.2) is 12.1 Å². The van der Waals surface area contributed by atoms with Gasteiger partial charge in [-0.1, -0.05) is 23.2 Å². The van der Waals surface area contributed by atoms with E-state index in [9.17, 15) is 19.6 Å². The van der Waals surface area contributed by atoms with Gasteiger partial charge in [-0.25, -0.2) is 4.79 Å². The summed E-state index contributed by atoms with van der Waals surface area (Å²) in [5, 5.41) is 12.5. The number of rotatable bonds is 5. The second-order valence-electron chi connectivity index (χ2n) is 9.71. The number of halogens is 2. The SMILES string of the molecule is CC(=O)Nc1cc(OCC2CCC(C(=O)N3CCCC3C#N)N2C(=O)OC(C)(C)C)c(Cl)cc1Cl. The third-order valence-electron chi connectivity index (χ3n) is 5.84. The second-order valence-corrected chi connectivity index (χ2v) is 10.5. The van der Waals surface area contributed by atoms with Crippen LogP contribution >= 0.6 is 23.2 Å². The van der Waals surface area contributed by atoms with Gasteiger partial charge in [0.2, 0.25) is 11.8 Å². The van der Waals surface area contributed by atoms with Crippen LogP contribution in [0.1, 0.15) is 53.4 Å². The number of amides is 3. The first kappa shape index (κ1) is 26.9. The van der Waals surface area contributed by atoms with Crippen LogP contribution in [0.5, 0.6) is 5.75 Å². The summed E-state index contributed by atoms with van der Waals surface area (Å²) in [6.45, 7) is 7.16. The van der Waals surface area contributed by atoms with Crippen LogP contribution < -0.4 is 10.1 Å². The number of likely N-dealkylation sites (tertiary alicyclic amines) is 2. The average molecular weight is 525 g/mol. The molecule has 0 aliphatic carbocycles. The molecule has 2 heterocycles. The number of hydrogen-bond donors (Lipinski definition) is 1. The molecule has 0 radical (unpaired) electrons. The zero-order valence-electron chi connectivity index (χ0n) is 20.3. The molecule has 2 saturated heterocycles. The van der Waals surface area contributed by atoms with Crippen LogP contribution in [0.3, 0.4) is 0 Å². The number of carbonyl (C=O) groups excluding carboxylic acids is 3. The third-order valence-corrected chi connectivity index (χ3v) is 6.45. The molecule has 2 fully saturated rings. The van der Waals surface area contributed by atoms with Gasteiger partial charge in [0, 0.05) is 19.5 Å². The van der Waals surface area contributed by atoms with Gasteiger partial charge in [-0.15, -0.1) is 0 Å². The fraction of sp³-hybridized carbons (Fsp3) is 0.583. The van der Waals surface area contributed by atoms with Gasteiger partial charge in [-0.2, -0.15) is 5.26 Å². The number of carbonyl (C=O) groups is 3. The molecule has 0 aromatic heterocycles. The summed E-state index contributed by atoms with van der Waals surface area (Å²) in [5.74, 6) is -0.270. The lowest BCUT2D eigenvalue weighted by atomic mass is 10.1. The molecule has 3 rings (SSSR count). The van der Waals surface area contributed by atoms with E-state index < -0.39 is 29.8 Å². The fourth-order valence-corrected chi connectivity index (χ4v) is 4.83. The maximum Gasteiger partial charge on any atom is 0.411 e. The Hall–Kier alpha value is -2.70. The highest BCUT2D eigenvalue weighted by atomic mass is 35.5. The van der Waals surface area contributed by atoms with Crippen molar-refractivity contribution >= 4 is 46.8 Å². The molecule has 0 bridgehead atoms. The molecule has 0 saturated carbocycles. The summed E-state index contributed by atoms with van der Waals surface area (Å²) in [6.07, 6.45) is 1.69. The summed E-state index contributed by atoms with van der Waals surface area (Å²) in [5.41, 5.74) is -0.410. The number of benzene rings is 1. The van der Waals surface area contributed by atoms with E-state index in [0.29, 0.717) is 31.5 Å². The highest BCUT2D eigenvalue weighted by Crippen LogP contribution is 2.36. The van der Waals surface area contributed by atoms with Crippen LogP contribution in [0.4, 0.5) is 10.5 Å². The minimum atomic E-state index is -0.756. The third kappa shape index (κ3) is 6.50. The van der Waals surface area contributed by atoms with Crippen molar-refractivity contribution in [2.45, 2.75) is 77.1 Å². The maximum absolute atomic E-state index is 13.4. The number of hydrogen-bond acceptors (Lipinski definition) is 6. The maximum atomic E-state index is 13.4. The monoisotopic (exact) mass is 524 g/mol. The summed E-state index contributed by atoms with van der Waals surface area (Å²) in [6, 6.07) is 3.46.